The Morgan fingerprint density at radius 2 is 2.25 bits per heavy atom. The Labute approximate surface area is 141 Å². The predicted octanol–water partition coefficient (Wildman–Crippen LogP) is 2.25. The monoisotopic (exact) mass is 326 g/mol. The first-order valence-corrected chi connectivity index (χ1v) is 8.60. The van der Waals surface area contributed by atoms with E-state index in [0.717, 1.165) is 29.8 Å². The van der Waals surface area contributed by atoms with Crippen molar-refractivity contribution in [3.63, 3.8) is 0 Å². The van der Waals surface area contributed by atoms with E-state index >= 15 is 0 Å². The minimum atomic E-state index is -0.156. The summed E-state index contributed by atoms with van der Waals surface area (Å²) < 4.78 is 5.76. The van der Waals surface area contributed by atoms with Crippen LogP contribution in [0.1, 0.15) is 65.1 Å². The zero-order valence-electron chi connectivity index (χ0n) is 14.1. The number of rotatable bonds is 3. The summed E-state index contributed by atoms with van der Waals surface area (Å²) in [5.74, 6) is -0.156. The minimum absolute atomic E-state index is 0.0591. The molecule has 2 aliphatic rings. The van der Waals surface area contributed by atoms with Crippen LogP contribution in [-0.2, 0) is 30.5 Å². The Kier molecular flexibility index (Phi) is 3.84. The molecule has 2 aromatic heterocycles. The van der Waals surface area contributed by atoms with Gasteiger partial charge < -0.3 is 10.1 Å². The predicted molar refractivity (Wildman–Crippen MR) is 88.7 cm³/mol. The molecule has 0 bridgehead atoms. The lowest BCUT2D eigenvalue weighted by molar-refractivity contribution is -0.00697. The molecule has 6 heteroatoms. The van der Waals surface area contributed by atoms with Gasteiger partial charge in [-0.25, -0.2) is 0 Å². The van der Waals surface area contributed by atoms with E-state index in [0.29, 0.717) is 18.7 Å². The van der Waals surface area contributed by atoms with Crippen LogP contribution in [0, 0.1) is 0 Å². The number of aryl methyl sites for hydroxylation is 2. The quantitative estimate of drug-likeness (QED) is 0.906. The third kappa shape index (κ3) is 2.71. The maximum absolute atomic E-state index is 12.5. The zero-order chi connectivity index (χ0) is 16.7. The topological polar surface area (TPSA) is 79.9 Å². The van der Waals surface area contributed by atoms with E-state index in [1.54, 1.807) is 0 Å². The van der Waals surface area contributed by atoms with Crippen LogP contribution in [0.15, 0.2) is 12.1 Å². The van der Waals surface area contributed by atoms with Crippen LogP contribution in [0.4, 0.5) is 0 Å². The molecule has 3 heterocycles. The molecule has 2 atom stereocenters. The van der Waals surface area contributed by atoms with Crippen molar-refractivity contribution in [2.75, 3.05) is 0 Å². The van der Waals surface area contributed by atoms with Gasteiger partial charge in [-0.15, -0.1) is 0 Å². The number of carbonyl (C=O) groups is 1. The number of amides is 1. The number of hydrogen-bond acceptors (Lipinski definition) is 4. The average Bonchev–Trinajstić information content (AvgIpc) is 3.18. The SMILES string of the molecule is C[C@@H]1Cc2c(C(=O)NCc3ccc4c(n3)CCC4)n[nH]c2[C@H](C)O1. The van der Waals surface area contributed by atoms with Crippen LogP contribution in [0.5, 0.6) is 0 Å². The number of fused-ring (bicyclic) bond motifs is 2. The fourth-order valence-corrected chi connectivity index (χ4v) is 3.68. The molecule has 2 N–H and O–H groups in total. The van der Waals surface area contributed by atoms with E-state index in [9.17, 15) is 4.79 Å². The molecular weight excluding hydrogens is 304 g/mol. The van der Waals surface area contributed by atoms with Crippen molar-refractivity contribution >= 4 is 5.91 Å². The van der Waals surface area contributed by atoms with E-state index in [2.05, 4.69) is 26.6 Å². The summed E-state index contributed by atoms with van der Waals surface area (Å²) in [6.07, 6.45) is 4.07. The minimum Gasteiger partial charge on any atom is -0.369 e. The van der Waals surface area contributed by atoms with Gasteiger partial charge in [-0.1, -0.05) is 6.07 Å². The van der Waals surface area contributed by atoms with Crippen LogP contribution >= 0.6 is 0 Å². The van der Waals surface area contributed by atoms with Crippen molar-refractivity contribution in [2.45, 2.75) is 58.3 Å². The summed E-state index contributed by atoms with van der Waals surface area (Å²) in [6, 6.07) is 4.14. The number of carbonyl (C=O) groups excluding carboxylic acids is 1. The van der Waals surface area contributed by atoms with Gasteiger partial charge in [0.25, 0.3) is 5.91 Å². The summed E-state index contributed by atoms with van der Waals surface area (Å²) >= 11 is 0. The van der Waals surface area contributed by atoms with Crippen molar-refractivity contribution in [1.29, 1.82) is 0 Å². The van der Waals surface area contributed by atoms with Gasteiger partial charge >= 0.3 is 0 Å². The van der Waals surface area contributed by atoms with Crippen LogP contribution in [0.2, 0.25) is 0 Å². The Balaban J connectivity index is 1.47. The number of H-pyrrole nitrogens is 1. The Hall–Kier alpha value is -2.21. The number of aromatic amines is 1. The Morgan fingerprint density at radius 3 is 3.12 bits per heavy atom. The second-order valence-electron chi connectivity index (χ2n) is 6.70. The van der Waals surface area contributed by atoms with Gasteiger partial charge in [0.2, 0.25) is 0 Å². The van der Waals surface area contributed by atoms with Gasteiger partial charge in [0.1, 0.15) is 0 Å². The van der Waals surface area contributed by atoms with Gasteiger partial charge in [0.05, 0.1) is 30.1 Å². The van der Waals surface area contributed by atoms with E-state index in [-0.39, 0.29) is 18.1 Å². The van der Waals surface area contributed by atoms with Gasteiger partial charge in [-0.3, -0.25) is 14.9 Å². The summed E-state index contributed by atoms with van der Waals surface area (Å²) in [5.41, 5.74) is 5.79. The van der Waals surface area contributed by atoms with Crippen LogP contribution in [-0.4, -0.2) is 27.2 Å². The molecule has 1 amide bonds. The van der Waals surface area contributed by atoms with E-state index in [1.165, 1.54) is 17.7 Å². The normalized spacial score (nSPS) is 22.1. The fraction of sp³-hybridized carbons (Fsp3) is 0.500. The number of ether oxygens (including phenoxy) is 1. The maximum Gasteiger partial charge on any atom is 0.272 e. The average molecular weight is 326 g/mol. The first kappa shape index (κ1) is 15.3. The molecule has 1 aliphatic carbocycles. The van der Waals surface area contributed by atoms with Crippen LogP contribution in [0.3, 0.4) is 0 Å². The van der Waals surface area contributed by atoms with Gasteiger partial charge in [0.15, 0.2) is 5.69 Å². The van der Waals surface area contributed by atoms with Crippen molar-refractivity contribution in [2.24, 2.45) is 0 Å². The molecule has 0 spiro atoms. The van der Waals surface area contributed by atoms with Gasteiger partial charge in [0, 0.05) is 17.7 Å². The van der Waals surface area contributed by atoms with E-state index in [4.69, 9.17) is 4.74 Å². The molecule has 0 saturated carbocycles. The number of pyridine rings is 1. The molecule has 24 heavy (non-hydrogen) atoms. The third-order valence-electron chi connectivity index (χ3n) is 4.86. The molecule has 0 unspecified atom stereocenters. The molecule has 0 saturated heterocycles. The molecule has 4 rings (SSSR count). The van der Waals surface area contributed by atoms with Gasteiger partial charge in [-0.05, 0) is 44.7 Å². The second-order valence-corrected chi connectivity index (χ2v) is 6.70. The summed E-state index contributed by atoms with van der Waals surface area (Å²) in [4.78, 5) is 17.2. The maximum atomic E-state index is 12.5. The molecule has 1 aliphatic heterocycles. The largest absolute Gasteiger partial charge is 0.369 e. The molecule has 126 valence electrons. The van der Waals surface area contributed by atoms with Crippen molar-refractivity contribution < 1.29 is 9.53 Å². The lowest BCUT2D eigenvalue weighted by atomic mass is 9.99. The number of nitrogens with one attached hydrogen (secondary N) is 2. The summed E-state index contributed by atoms with van der Waals surface area (Å²) in [5, 5.41) is 10.1. The number of nitrogens with zero attached hydrogens (tertiary/aromatic N) is 2. The molecule has 0 fully saturated rings. The van der Waals surface area contributed by atoms with Crippen molar-refractivity contribution in [3.05, 3.63) is 46.0 Å². The lowest BCUT2D eigenvalue weighted by Gasteiger charge is -2.25. The van der Waals surface area contributed by atoms with Crippen molar-refractivity contribution in [3.8, 4) is 0 Å². The first-order chi connectivity index (χ1) is 11.6. The van der Waals surface area contributed by atoms with E-state index < -0.39 is 0 Å². The zero-order valence-corrected chi connectivity index (χ0v) is 14.1. The van der Waals surface area contributed by atoms with Gasteiger partial charge in [-0.2, -0.15) is 5.10 Å². The molecule has 0 radical (unpaired) electrons. The molecule has 0 aromatic carbocycles. The van der Waals surface area contributed by atoms with Crippen LogP contribution < -0.4 is 5.32 Å². The lowest BCUT2D eigenvalue weighted by Crippen LogP contribution is -2.27. The second kappa shape index (κ2) is 6.02. The standard InChI is InChI=1S/C18H22N4O2/c1-10-8-14-16(11(2)24-10)21-22-17(14)18(23)19-9-13-7-6-12-4-3-5-15(12)20-13/h6-7,10-11H,3-5,8-9H2,1-2H3,(H,19,23)(H,21,22)/t10-,11+/m1/s1. The Bertz CT molecular complexity index is 783. The molecular formula is C18H22N4O2. The van der Waals surface area contributed by atoms with Crippen LogP contribution in [0.25, 0.3) is 0 Å². The van der Waals surface area contributed by atoms with Crippen molar-refractivity contribution in [1.82, 2.24) is 20.5 Å². The third-order valence-corrected chi connectivity index (χ3v) is 4.86. The van der Waals surface area contributed by atoms with E-state index in [1.807, 2.05) is 19.9 Å². The highest BCUT2D eigenvalue weighted by atomic mass is 16.5. The summed E-state index contributed by atoms with van der Waals surface area (Å²) in [6.45, 7) is 4.42. The highest BCUT2D eigenvalue weighted by Crippen LogP contribution is 2.30. The highest BCUT2D eigenvalue weighted by molar-refractivity contribution is 5.94. The summed E-state index contributed by atoms with van der Waals surface area (Å²) in [7, 11) is 0. The smallest absolute Gasteiger partial charge is 0.272 e. The fourth-order valence-electron chi connectivity index (χ4n) is 3.68. The highest BCUT2D eigenvalue weighted by Gasteiger charge is 2.29. The first-order valence-electron chi connectivity index (χ1n) is 8.60. The number of aromatic nitrogens is 3. The molecule has 6 nitrogen and oxygen atoms in total. The number of hydrogen-bond donors (Lipinski definition) is 2. The molecule has 2 aromatic rings. The Morgan fingerprint density at radius 1 is 1.38 bits per heavy atom.